The largest absolute Gasteiger partial charge is 0.759 e. The van der Waals surface area contributed by atoms with Gasteiger partial charge in [0.25, 0.3) is 5.91 Å². The molecule has 2 aromatic carbocycles. The molecule has 1 fully saturated rings. The first kappa shape index (κ1) is 22.3. The molecule has 0 aromatic heterocycles. The third-order valence-electron chi connectivity index (χ3n) is 5.41. The van der Waals surface area contributed by atoms with E-state index in [1.54, 1.807) is 5.01 Å². The van der Waals surface area contributed by atoms with Crippen LogP contribution in [0.2, 0.25) is 5.02 Å². The number of nitrogens with zero attached hydrogens (tertiary/aromatic N) is 2. The Bertz CT molecular complexity index is 1040. The van der Waals surface area contributed by atoms with Gasteiger partial charge in [-0.1, -0.05) is 11.6 Å². The summed E-state index contributed by atoms with van der Waals surface area (Å²) in [5.74, 6) is -1.69. The summed E-state index contributed by atoms with van der Waals surface area (Å²) in [5, 5.41) is 4.12. The maximum atomic E-state index is 14.8. The molecular weight excluding hydrogens is 452 g/mol. The number of benzene rings is 2. The van der Waals surface area contributed by atoms with Crippen LogP contribution < -0.4 is 5.32 Å². The molecule has 2 aliphatic rings. The van der Waals surface area contributed by atoms with Crippen LogP contribution in [0.15, 0.2) is 30.3 Å². The van der Waals surface area contributed by atoms with Crippen molar-refractivity contribution < 1.29 is 27.1 Å². The van der Waals surface area contributed by atoms with E-state index in [9.17, 15) is 22.3 Å². The first-order chi connectivity index (χ1) is 14.9. The fourth-order valence-corrected chi connectivity index (χ4v) is 4.99. The number of ether oxygens (including phenoxy) is 1. The molecule has 1 aliphatic carbocycles. The minimum Gasteiger partial charge on any atom is -0.759 e. The van der Waals surface area contributed by atoms with Gasteiger partial charge in [-0.05, 0) is 48.7 Å². The normalized spacial score (nSPS) is 20.0. The molecule has 1 unspecified atom stereocenters. The molecule has 1 aliphatic heterocycles. The Morgan fingerprint density at radius 1 is 1.23 bits per heavy atom. The first-order valence-electron chi connectivity index (χ1n) is 9.65. The Morgan fingerprint density at radius 3 is 2.61 bits per heavy atom. The van der Waals surface area contributed by atoms with Gasteiger partial charge >= 0.3 is 0 Å². The van der Waals surface area contributed by atoms with Gasteiger partial charge in [0, 0.05) is 41.2 Å². The lowest BCUT2D eigenvalue weighted by Crippen LogP contribution is -2.50. The summed E-state index contributed by atoms with van der Waals surface area (Å²) in [6, 6.07) is 5.56. The number of anilines is 1. The predicted octanol–water partition coefficient (Wildman–Crippen LogP) is 3.20. The number of hydrogen-bond donors (Lipinski definition) is 1. The average molecular weight is 471 g/mol. The van der Waals surface area contributed by atoms with Crippen molar-refractivity contribution in [3.63, 3.8) is 0 Å². The van der Waals surface area contributed by atoms with Crippen molar-refractivity contribution in [1.29, 1.82) is 0 Å². The summed E-state index contributed by atoms with van der Waals surface area (Å²) in [5.41, 5.74) is 1.18. The number of hydrogen-bond acceptors (Lipinski definition) is 5. The van der Waals surface area contributed by atoms with E-state index in [0.29, 0.717) is 50.4 Å². The number of carbonyl (C=O) groups is 1. The lowest BCUT2D eigenvalue weighted by atomic mass is 10.0. The lowest BCUT2D eigenvalue weighted by Gasteiger charge is -2.41. The molecule has 2 atom stereocenters. The second-order valence-corrected chi connectivity index (χ2v) is 8.43. The number of hydrazine groups is 1. The zero-order chi connectivity index (χ0) is 22.1. The van der Waals surface area contributed by atoms with Crippen LogP contribution in [0.5, 0.6) is 0 Å². The second-order valence-electron chi connectivity index (χ2n) is 7.21. The van der Waals surface area contributed by atoms with Crippen LogP contribution in [0.1, 0.15) is 33.9 Å². The number of carbonyl (C=O) groups excluding carboxylic acids is 1. The van der Waals surface area contributed by atoms with Crippen molar-refractivity contribution in [2.45, 2.75) is 18.9 Å². The van der Waals surface area contributed by atoms with E-state index in [0.717, 1.165) is 16.5 Å². The highest BCUT2D eigenvalue weighted by Gasteiger charge is 2.37. The zero-order valence-electron chi connectivity index (χ0n) is 16.3. The number of amides is 1. The lowest BCUT2D eigenvalue weighted by molar-refractivity contribution is -0.0612. The molecule has 1 amide bonds. The van der Waals surface area contributed by atoms with Crippen LogP contribution in [0.4, 0.5) is 14.5 Å². The van der Waals surface area contributed by atoms with E-state index in [-0.39, 0.29) is 16.1 Å². The van der Waals surface area contributed by atoms with Gasteiger partial charge in [-0.25, -0.2) is 13.8 Å². The molecule has 2 aromatic rings. The van der Waals surface area contributed by atoms with Crippen molar-refractivity contribution in [2.24, 2.45) is 0 Å². The summed E-state index contributed by atoms with van der Waals surface area (Å²) in [6.45, 7) is 1.48. The van der Waals surface area contributed by atoms with Crippen LogP contribution in [-0.4, -0.2) is 50.4 Å². The van der Waals surface area contributed by atoms with Gasteiger partial charge in [0.05, 0.1) is 24.3 Å². The van der Waals surface area contributed by atoms with Crippen LogP contribution in [0.3, 0.4) is 0 Å². The van der Waals surface area contributed by atoms with Crippen molar-refractivity contribution in [3.8, 4) is 0 Å². The molecular formula is C20H19ClF2N3O4S-. The molecule has 166 valence electrons. The van der Waals surface area contributed by atoms with Crippen molar-refractivity contribution in [1.82, 2.24) is 9.42 Å². The SMILES string of the molecule is O=C(Nc1ccc(F)c(Cl)c1)c1ccc(F)c2c1CC[C@@H]2N(N1CCOCC1)S(=O)[O-]. The van der Waals surface area contributed by atoms with Crippen LogP contribution in [0, 0.1) is 11.6 Å². The smallest absolute Gasteiger partial charge is 0.255 e. The quantitative estimate of drug-likeness (QED) is 0.678. The van der Waals surface area contributed by atoms with E-state index >= 15 is 0 Å². The minimum atomic E-state index is -2.62. The molecule has 4 rings (SSSR count). The highest BCUT2D eigenvalue weighted by molar-refractivity contribution is 7.76. The van der Waals surface area contributed by atoms with E-state index < -0.39 is 34.8 Å². The number of rotatable bonds is 5. The van der Waals surface area contributed by atoms with E-state index in [1.165, 1.54) is 18.2 Å². The Balaban J connectivity index is 1.65. The molecule has 0 saturated carbocycles. The molecule has 1 heterocycles. The molecule has 1 N–H and O–H groups in total. The summed E-state index contributed by atoms with van der Waals surface area (Å²) in [4.78, 5) is 12.9. The summed E-state index contributed by atoms with van der Waals surface area (Å²) in [6.07, 6.45) is 0.674. The minimum absolute atomic E-state index is 0.138. The van der Waals surface area contributed by atoms with E-state index in [1.807, 2.05) is 0 Å². The molecule has 0 radical (unpaired) electrons. The Hall–Kier alpha value is -1.95. The van der Waals surface area contributed by atoms with Gasteiger partial charge < -0.3 is 14.6 Å². The molecule has 0 bridgehead atoms. The van der Waals surface area contributed by atoms with Crippen molar-refractivity contribution >= 4 is 34.5 Å². The van der Waals surface area contributed by atoms with Crippen LogP contribution >= 0.6 is 11.6 Å². The van der Waals surface area contributed by atoms with Gasteiger partial charge in [0.1, 0.15) is 11.6 Å². The monoisotopic (exact) mass is 470 g/mol. The average Bonchev–Trinajstić information content (AvgIpc) is 3.17. The van der Waals surface area contributed by atoms with Gasteiger partial charge in [-0.15, -0.1) is 0 Å². The van der Waals surface area contributed by atoms with Crippen LogP contribution in [-0.2, 0) is 22.4 Å². The van der Waals surface area contributed by atoms with Gasteiger partial charge in [-0.2, -0.15) is 4.41 Å². The highest BCUT2D eigenvalue weighted by atomic mass is 35.5. The maximum Gasteiger partial charge on any atom is 0.255 e. The first-order valence-corrected chi connectivity index (χ1v) is 11.1. The molecule has 11 heteroatoms. The third kappa shape index (κ3) is 4.50. The second kappa shape index (κ2) is 9.27. The molecule has 1 saturated heterocycles. The summed E-state index contributed by atoms with van der Waals surface area (Å²) in [7, 11) is 0. The highest BCUT2D eigenvalue weighted by Crippen LogP contribution is 2.41. The Kier molecular flexibility index (Phi) is 6.65. The van der Waals surface area contributed by atoms with Gasteiger partial charge in [0.15, 0.2) is 0 Å². The van der Waals surface area contributed by atoms with E-state index in [4.69, 9.17) is 16.3 Å². The third-order valence-corrected chi connectivity index (χ3v) is 6.49. The topological polar surface area (TPSA) is 84.9 Å². The standard InChI is InChI=1S/C20H20ClF2N3O4S/c21-15-11-12(1-4-16(15)22)24-20(27)14-2-5-17(23)19-13(14)3-6-18(19)26(31(28)29)25-7-9-30-10-8-25/h1-2,4-5,11,18H,3,6-10H2,(H,24,27)(H,28,29)/p-1/t18-/m0/s1. The molecule has 31 heavy (non-hydrogen) atoms. The van der Waals surface area contributed by atoms with Crippen LogP contribution in [0.25, 0.3) is 0 Å². The summed E-state index contributed by atoms with van der Waals surface area (Å²) >= 11 is 3.14. The number of nitrogens with one attached hydrogen (secondary N) is 1. The van der Waals surface area contributed by atoms with Crippen molar-refractivity contribution in [3.05, 3.63) is 63.7 Å². The number of fused-ring (bicyclic) bond motifs is 1. The van der Waals surface area contributed by atoms with Gasteiger partial charge in [0.2, 0.25) is 0 Å². The Morgan fingerprint density at radius 2 is 1.94 bits per heavy atom. The zero-order valence-corrected chi connectivity index (χ0v) is 17.8. The maximum absolute atomic E-state index is 14.8. The van der Waals surface area contributed by atoms with E-state index in [2.05, 4.69) is 5.32 Å². The van der Waals surface area contributed by atoms with Gasteiger partial charge in [-0.3, -0.25) is 9.00 Å². The predicted molar refractivity (Wildman–Crippen MR) is 110 cm³/mol. The number of halogens is 3. The number of morpholine rings is 1. The molecule has 0 spiro atoms. The molecule has 7 nitrogen and oxygen atoms in total. The van der Waals surface area contributed by atoms with Crippen molar-refractivity contribution in [2.75, 3.05) is 31.6 Å². The fraction of sp³-hybridized carbons (Fsp3) is 0.350. The fourth-order valence-electron chi connectivity index (χ4n) is 4.04. The summed E-state index contributed by atoms with van der Waals surface area (Å²) < 4.78 is 58.7. The Labute approximate surface area is 185 Å².